The fourth-order valence-corrected chi connectivity index (χ4v) is 2.71. The van der Waals surface area contributed by atoms with E-state index in [4.69, 9.17) is 5.73 Å². The van der Waals surface area contributed by atoms with Crippen molar-refractivity contribution in [2.24, 2.45) is 0 Å². The van der Waals surface area contributed by atoms with Gasteiger partial charge in [0, 0.05) is 14.6 Å². The largest absolute Gasteiger partial charge is 0.369 e. The van der Waals surface area contributed by atoms with E-state index in [1.807, 2.05) is 34.9 Å². The summed E-state index contributed by atoms with van der Waals surface area (Å²) < 4.78 is 4.04. The van der Waals surface area contributed by atoms with Crippen LogP contribution in [0.3, 0.4) is 0 Å². The molecular weight excluding hydrogens is 370 g/mol. The minimum Gasteiger partial charge on any atom is -0.369 e. The Labute approximate surface area is 127 Å². The van der Waals surface area contributed by atoms with E-state index in [-0.39, 0.29) is 0 Å². The SMILES string of the molecule is Cc1cc(-n2c(N)nc3cc(Br)ccc32)ccc1Br. The van der Waals surface area contributed by atoms with Crippen LogP contribution in [0.1, 0.15) is 5.56 Å². The van der Waals surface area contributed by atoms with E-state index >= 15 is 0 Å². The predicted octanol–water partition coefficient (Wildman–Crippen LogP) is 4.44. The molecule has 0 saturated heterocycles. The van der Waals surface area contributed by atoms with Crippen molar-refractivity contribution < 1.29 is 0 Å². The van der Waals surface area contributed by atoms with Gasteiger partial charge in [0.1, 0.15) is 0 Å². The van der Waals surface area contributed by atoms with Gasteiger partial charge >= 0.3 is 0 Å². The summed E-state index contributed by atoms with van der Waals surface area (Å²) >= 11 is 6.96. The van der Waals surface area contributed by atoms with Gasteiger partial charge in [-0.15, -0.1) is 0 Å². The van der Waals surface area contributed by atoms with Gasteiger partial charge in [-0.3, -0.25) is 4.57 Å². The number of aromatic nitrogens is 2. The zero-order chi connectivity index (χ0) is 13.6. The Balaban J connectivity index is 2.29. The summed E-state index contributed by atoms with van der Waals surface area (Å²) in [6, 6.07) is 12.1. The monoisotopic (exact) mass is 379 g/mol. The Bertz CT molecular complexity index is 778. The minimum absolute atomic E-state index is 0.495. The first-order valence-electron chi connectivity index (χ1n) is 5.76. The summed E-state index contributed by atoms with van der Waals surface area (Å²) in [6.45, 7) is 2.06. The van der Waals surface area contributed by atoms with Crippen molar-refractivity contribution in [3.8, 4) is 5.69 Å². The summed E-state index contributed by atoms with van der Waals surface area (Å²) in [7, 11) is 0. The average Bonchev–Trinajstić information content (AvgIpc) is 2.68. The number of nitrogen functional groups attached to an aromatic ring is 1. The highest BCUT2D eigenvalue weighted by molar-refractivity contribution is 9.10. The summed E-state index contributed by atoms with van der Waals surface area (Å²) in [5, 5.41) is 0. The van der Waals surface area contributed by atoms with Crippen LogP contribution in [0.2, 0.25) is 0 Å². The summed E-state index contributed by atoms with van der Waals surface area (Å²) in [6.07, 6.45) is 0. The molecule has 0 aliphatic rings. The normalized spacial score (nSPS) is 11.1. The van der Waals surface area contributed by atoms with Crippen LogP contribution in [0.15, 0.2) is 45.3 Å². The highest BCUT2D eigenvalue weighted by Crippen LogP contribution is 2.27. The molecule has 96 valence electrons. The molecule has 19 heavy (non-hydrogen) atoms. The molecule has 0 amide bonds. The maximum absolute atomic E-state index is 6.05. The van der Waals surface area contributed by atoms with Crippen LogP contribution in [-0.4, -0.2) is 9.55 Å². The number of nitrogens with two attached hydrogens (primary N) is 1. The lowest BCUT2D eigenvalue weighted by Crippen LogP contribution is -2.00. The van der Waals surface area contributed by atoms with E-state index in [2.05, 4.69) is 49.8 Å². The number of halogens is 2. The third kappa shape index (κ3) is 2.17. The molecule has 5 heteroatoms. The minimum atomic E-state index is 0.495. The number of fused-ring (bicyclic) bond motifs is 1. The van der Waals surface area contributed by atoms with Gasteiger partial charge < -0.3 is 5.73 Å². The van der Waals surface area contributed by atoms with E-state index < -0.39 is 0 Å². The number of aryl methyl sites for hydroxylation is 1. The van der Waals surface area contributed by atoms with Crippen molar-refractivity contribution >= 4 is 48.8 Å². The molecule has 0 spiro atoms. The number of anilines is 1. The standard InChI is InChI=1S/C14H11Br2N3/c1-8-6-10(3-4-11(8)16)19-13-5-2-9(15)7-12(13)18-14(19)17/h2-7H,1H3,(H2,17,18). The fraction of sp³-hybridized carbons (Fsp3) is 0.0714. The summed E-state index contributed by atoms with van der Waals surface area (Å²) in [5.41, 5.74) is 10.1. The zero-order valence-corrected chi connectivity index (χ0v) is 13.4. The van der Waals surface area contributed by atoms with E-state index in [0.717, 1.165) is 31.2 Å². The van der Waals surface area contributed by atoms with Gasteiger partial charge in [0.05, 0.1) is 11.0 Å². The first-order chi connectivity index (χ1) is 9.06. The third-order valence-electron chi connectivity index (χ3n) is 3.04. The molecule has 0 radical (unpaired) electrons. The lowest BCUT2D eigenvalue weighted by Gasteiger charge is -2.08. The quantitative estimate of drug-likeness (QED) is 0.678. The number of hydrogen-bond donors (Lipinski definition) is 1. The number of hydrogen-bond acceptors (Lipinski definition) is 2. The second-order valence-corrected chi connectivity index (χ2v) is 6.14. The van der Waals surface area contributed by atoms with Crippen molar-refractivity contribution in [3.05, 3.63) is 50.9 Å². The Morgan fingerprint density at radius 1 is 1.11 bits per heavy atom. The molecule has 0 aliphatic heterocycles. The van der Waals surface area contributed by atoms with Crippen molar-refractivity contribution in [1.82, 2.24) is 9.55 Å². The van der Waals surface area contributed by atoms with Crippen molar-refractivity contribution in [2.75, 3.05) is 5.73 Å². The zero-order valence-electron chi connectivity index (χ0n) is 10.2. The van der Waals surface area contributed by atoms with E-state index in [1.54, 1.807) is 0 Å². The predicted molar refractivity (Wildman–Crippen MR) is 85.6 cm³/mol. The highest BCUT2D eigenvalue weighted by Gasteiger charge is 2.10. The molecule has 2 N–H and O–H groups in total. The number of benzene rings is 2. The Morgan fingerprint density at radius 2 is 1.89 bits per heavy atom. The van der Waals surface area contributed by atoms with Gasteiger partial charge in [0.2, 0.25) is 5.95 Å². The van der Waals surface area contributed by atoms with E-state index in [0.29, 0.717) is 5.95 Å². The molecule has 0 bridgehead atoms. The van der Waals surface area contributed by atoms with Crippen LogP contribution in [0, 0.1) is 6.92 Å². The van der Waals surface area contributed by atoms with Crippen molar-refractivity contribution in [3.63, 3.8) is 0 Å². The summed E-state index contributed by atoms with van der Waals surface area (Å²) in [4.78, 5) is 4.40. The second kappa shape index (κ2) is 4.65. The smallest absolute Gasteiger partial charge is 0.205 e. The molecule has 0 unspecified atom stereocenters. The third-order valence-corrected chi connectivity index (χ3v) is 4.43. The lowest BCUT2D eigenvalue weighted by molar-refractivity contribution is 1.10. The number of imidazole rings is 1. The van der Waals surface area contributed by atoms with Crippen molar-refractivity contribution in [1.29, 1.82) is 0 Å². The fourth-order valence-electron chi connectivity index (χ4n) is 2.11. The maximum Gasteiger partial charge on any atom is 0.205 e. The number of rotatable bonds is 1. The molecule has 3 aromatic rings. The summed E-state index contributed by atoms with van der Waals surface area (Å²) in [5.74, 6) is 0.495. The molecule has 0 fully saturated rings. The Morgan fingerprint density at radius 3 is 2.63 bits per heavy atom. The molecule has 0 atom stereocenters. The maximum atomic E-state index is 6.05. The molecule has 3 rings (SSSR count). The first kappa shape index (κ1) is 12.7. The van der Waals surface area contributed by atoms with Gasteiger partial charge in [-0.25, -0.2) is 4.98 Å². The van der Waals surface area contributed by atoms with Crippen LogP contribution >= 0.6 is 31.9 Å². The molecule has 0 aliphatic carbocycles. The van der Waals surface area contributed by atoms with Crippen LogP contribution in [0.4, 0.5) is 5.95 Å². The van der Waals surface area contributed by atoms with Gasteiger partial charge in [0.15, 0.2) is 0 Å². The van der Waals surface area contributed by atoms with Crippen LogP contribution < -0.4 is 5.73 Å². The molecule has 1 heterocycles. The topological polar surface area (TPSA) is 43.8 Å². The van der Waals surface area contributed by atoms with Gasteiger partial charge in [0.25, 0.3) is 0 Å². The molecule has 2 aromatic carbocycles. The van der Waals surface area contributed by atoms with Gasteiger partial charge in [-0.2, -0.15) is 0 Å². The number of nitrogens with zero attached hydrogens (tertiary/aromatic N) is 2. The van der Waals surface area contributed by atoms with E-state index in [1.165, 1.54) is 0 Å². The van der Waals surface area contributed by atoms with E-state index in [9.17, 15) is 0 Å². The first-order valence-corrected chi connectivity index (χ1v) is 7.35. The van der Waals surface area contributed by atoms with Crippen molar-refractivity contribution in [2.45, 2.75) is 6.92 Å². The van der Waals surface area contributed by atoms with Crippen LogP contribution in [-0.2, 0) is 0 Å². The average molecular weight is 381 g/mol. The molecule has 3 nitrogen and oxygen atoms in total. The van der Waals surface area contributed by atoms with Gasteiger partial charge in [-0.1, -0.05) is 31.9 Å². The molecule has 1 aromatic heterocycles. The lowest BCUT2D eigenvalue weighted by atomic mass is 10.2. The van der Waals surface area contributed by atoms with Crippen LogP contribution in [0.25, 0.3) is 16.7 Å². The second-order valence-electron chi connectivity index (χ2n) is 4.37. The Hall–Kier alpha value is -1.33. The Kier molecular flexibility index (Phi) is 3.11. The van der Waals surface area contributed by atoms with Gasteiger partial charge in [-0.05, 0) is 48.9 Å². The molecule has 0 saturated carbocycles. The molecular formula is C14H11Br2N3. The highest BCUT2D eigenvalue weighted by atomic mass is 79.9. The van der Waals surface area contributed by atoms with Crippen LogP contribution in [0.5, 0.6) is 0 Å².